The minimum Gasteiger partial charge on any atom is -0.453 e. The summed E-state index contributed by atoms with van der Waals surface area (Å²) in [4.78, 5) is 12.6. The lowest BCUT2D eigenvalue weighted by atomic mass is 9.80. The molecule has 0 bridgehead atoms. The summed E-state index contributed by atoms with van der Waals surface area (Å²) in [7, 11) is 7.06. The van der Waals surface area contributed by atoms with E-state index in [0.29, 0.717) is 0 Å². The van der Waals surface area contributed by atoms with Crippen molar-refractivity contribution < 1.29 is 9.53 Å². The largest absolute Gasteiger partial charge is 0.453 e. The molecule has 1 saturated heterocycles. The summed E-state index contributed by atoms with van der Waals surface area (Å²) >= 11 is 0. The van der Waals surface area contributed by atoms with Gasteiger partial charge in [0.25, 0.3) is 0 Å². The van der Waals surface area contributed by atoms with Gasteiger partial charge in [0, 0.05) is 13.1 Å². The molecule has 1 heterocycles. The normalized spacial score (nSPS) is 19.9. The number of piperidine rings is 1. The van der Waals surface area contributed by atoms with Crippen LogP contribution in [-0.4, -0.2) is 39.0 Å². The number of nitrogens with zero attached hydrogens (tertiary/aromatic N) is 1. The highest BCUT2D eigenvalue weighted by Crippen LogP contribution is 2.18. The lowest BCUT2D eigenvalue weighted by molar-refractivity contribution is 0.115. The van der Waals surface area contributed by atoms with Crippen molar-refractivity contribution in [2.24, 2.45) is 0 Å². The third-order valence-electron chi connectivity index (χ3n) is 1.97. The van der Waals surface area contributed by atoms with Gasteiger partial charge in [-0.2, -0.15) is 0 Å². The molecule has 0 aliphatic carbocycles. The molecule has 0 aromatic rings. The van der Waals surface area contributed by atoms with Gasteiger partial charge < -0.3 is 9.64 Å². The Morgan fingerprint density at radius 2 is 2.09 bits per heavy atom. The molecule has 0 aromatic carbocycles. The Morgan fingerprint density at radius 3 is 2.55 bits per heavy atom. The van der Waals surface area contributed by atoms with E-state index in [9.17, 15) is 4.79 Å². The van der Waals surface area contributed by atoms with E-state index >= 15 is 0 Å². The molecular formula is C7H12BNO2. The van der Waals surface area contributed by atoms with Crippen molar-refractivity contribution in [3.05, 3.63) is 0 Å². The monoisotopic (exact) mass is 153 g/mol. The molecule has 1 aliphatic rings. The van der Waals surface area contributed by atoms with Crippen LogP contribution in [0.1, 0.15) is 12.8 Å². The van der Waals surface area contributed by atoms with Gasteiger partial charge in [-0.1, -0.05) is 5.82 Å². The molecule has 1 amide bonds. The first-order valence-corrected chi connectivity index (χ1v) is 3.82. The van der Waals surface area contributed by atoms with Crippen molar-refractivity contribution in [3.8, 4) is 0 Å². The van der Waals surface area contributed by atoms with Crippen LogP contribution in [0.25, 0.3) is 0 Å². The molecule has 60 valence electrons. The van der Waals surface area contributed by atoms with E-state index < -0.39 is 0 Å². The highest BCUT2D eigenvalue weighted by molar-refractivity contribution is 6.11. The van der Waals surface area contributed by atoms with E-state index in [1.807, 2.05) is 0 Å². The van der Waals surface area contributed by atoms with Gasteiger partial charge in [0.1, 0.15) is 0 Å². The summed E-state index contributed by atoms with van der Waals surface area (Å²) in [5.41, 5.74) is 0. The fourth-order valence-corrected chi connectivity index (χ4v) is 1.21. The highest BCUT2D eigenvalue weighted by atomic mass is 16.5. The van der Waals surface area contributed by atoms with E-state index in [4.69, 9.17) is 7.85 Å². The summed E-state index contributed by atoms with van der Waals surface area (Å²) in [6.45, 7) is 1.46. The third-order valence-corrected chi connectivity index (χ3v) is 1.97. The van der Waals surface area contributed by atoms with Gasteiger partial charge in [-0.05, 0) is 12.8 Å². The van der Waals surface area contributed by atoms with Gasteiger partial charge >= 0.3 is 6.09 Å². The molecule has 0 atom stereocenters. The molecule has 0 unspecified atom stereocenters. The molecule has 1 aliphatic heterocycles. The van der Waals surface area contributed by atoms with E-state index in [2.05, 4.69) is 4.74 Å². The smallest absolute Gasteiger partial charge is 0.409 e. The number of methoxy groups -OCH3 is 1. The van der Waals surface area contributed by atoms with E-state index in [1.54, 1.807) is 4.90 Å². The molecule has 0 aromatic heterocycles. The van der Waals surface area contributed by atoms with Gasteiger partial charge in [0.2, 0.25) is 0 Å². The Hall–Kier alpha value is -0.665. The van der Waals surface area contributed by atoms with Crippen LogP contribution in [0.2, 0.25) is 5.82 Å². The van der Waals surface area contributed by atoms with Gasteiger partial charge in [0.15, 0.2) is 0 Å². The van der Waals surface area contributed by atoms with Crippen LogP contribution in [-0.2, 0) is 4.74 Å². The topological polar surface area (TPSA) is 29.5 Å². The molecule has 4 heteroatoms. The van der Waals surface area contributed by atoms with Crippen LogP contribution in [0.5, 0.6) is 0 Å². The zero-order valence-corrected chi connectivity index (χ0v) is 6.75. The average molecular weight is 153 g/mol. The molecule has 0 N–H and O–H groups in total. The van der Waals surface area contributed by atoms with E-state index in [0.717, 1.165) is 25.9 Å². The highest BCUT2D eigenvalue weighted by Gasteiger charge is 2.19. The molecule has 1 rings (SSSR count). The van der Waals surface area contributed by atoms with Gasteiger partial charge in [0.05, 0.1) is 15.0 Å². The molecule has 0 saturated carbocycles. The van der Waals surface area contributed by atoms with Crippen molar-refractivity contribution in [3.63, 3.8) is 0 Å². The zero-order chi connectivity index (χ0) is 8.27. The Morgan fingerprint density at radius 1 is 1.55 bits per heavy atom. The predicted octanol–water partition coefficient (Wildman–Crippen LogP) is 0.806. The minimum absolute atomic E-state index is 0.239. The molecule has 3 nitrogen and oxygen atoms in total. The Kier molecular flexibility index (Phi) is 2.80. The SMILES string of the molecule is [B]C1CCN(C(=O)OC)CC1. The first-order valence-electron chi connectivity index (χ1n) is 3.82. The Bertz CT molecular complexity index is 143. The Labute approximate surface area is 68.1 Å². The van der Waals surface area contributed by atoms with Crippen LogP contribution in [0.4, 0.5) is 4.79 Å². The first-order chi connectivity index (χ1) is 5.24. The number of carbonyl (C=O) groups is 1. The maximum absolute atomic E-state index is 10.9. The zero-order valence-electron chi connectivity index (χ0n) is 6.75. The number of hydrogen-bond donors (Lipinski definition) is 0. The predicted molar refractivity (Wildman–Crippen MR) is 42.7 cm³/mol. The summed E-state index contributed by atoms with van der Waals surface area (Å²) < 4.78 is 4.57. The number of rotatable bonds is 0. The Balaban J connectivity index is 2.33. The van der Waals surface area contributed by atoms with Gasteiger partial charge in [-0.25, -0.2) is 4.79 Å². The summed E-state index contributed by atoms with van der Waals surface area (Å²) in [6.07, 6.45) is 1.53. The quantitative estimate of drug-likeness (QED) is 0.482. The second-order valence-electron chi connectivity index (χ2n) is 2.79. The summed E-state index contributed by atoms with van der Waals surface area (Å²) in [5, 5.41) is 0. The van der Waals surface area contributed by atoms with Crippen LogP contribution in [0.3, 0.4) is 0 Å². The van der Waals surface area contributed by atoms with E-state index in [-0.39, 0.29) is 11.9 Å². The van der Waals surface area contributed by atoms with Crippen LogP contribution < -0.4 is 0 Å². The fraction of sp³-hybridized carbons (Fsp3) is 0.857. The molecular weight excluding hydrogens is 141 g/mol. The second-order valence-corrected chi connectivity index (χ2v) is 2.79. The van der Waals surface area contributed by atoms with Crippen molar-refractivity contribution in [2.75, 3.05) is 20.2 Å². The van der Waals surface area contributed by atoms with Crippen molar-refractivity contribution in [1.29, 1.82) is 0 Å². The van der Waals surface area contributed by atoms with E-state index in [1.165, 1.54) is 7.11 Å². The summed E-state index contributed by atoms with van der Waals surface area (Å²) in [5.74, 6) is 0.260. The maximum Gasteiger partial charge on any atom is 0.409 e. The average Bonchev–Trinajstić information content (AvgIpc) is 2.05. The number of carbonyl (C=O) groups excluding carboxylic acids is 1. The minimum atomic E-state index is -0.239. The van der Waals surface area contributed by atoms with Crippen molar-refractivity contribution in [1.82, 2.24) is 4.90 Å². The lowest BCUT2D eigenvalue weighted by Crippen LogP contribution is -2.37. The number of amides is 1. The van der Waals surface area contributed by atoms with Crippen molar-refractivity contribution >= 4 is 13.9 Å². The number of likely N-dealkylation sites (tertiary alicyclic amines) is 1. The van der Waals surface area contributed by atoms with Gasteiger partial charge in [-0.15, -0.1) is 0 Å². The molecule has 11 heavy (non-hydrogen) atoms. The lowest BCUT2D eigenvalue weighted by Gasteiger charge is -2.29. The molecule has 2 radical (unpaired) electrons. The van der Waals surface area contributed by atoms with Crippen LogP contribution in [0.15, 0.2) is 0 Å². The molecule has 0 spiro atoms. The fourth-order valence-electron chi connectivity index (χ4n) is 1.21. The van der Waals surface area contributed by atoms with Crippen molar-refractivity contribution in [2.45, 2.75) is 18.7 Å². The third kappa shape index (κ3) is 2.14. The number of ether oxygens (including phenoxy) is 1. The van der Waals surface area contributed by atoms with Crippen LogP contribution >= 0.6 is 0 Å². The van der Waals surface area contributed by atoms with Gasteiger partial charge in [-0.3, -0.25) is 0 Å². The standard InChI is InChI=1S/C7H12BNO2/c1-11-7(10)9-4-2-6(8)3-5-9/h6H,2-5H2,1H3. The summed E-state index contributed by atoms with van der Waals surface area (Å²) in [6, 6.07) is 0. The maximum atomic E-state index is 10.9. The van der Waals surface area contributed by atoms with Crippen LogP contribution in [0, 0.1) is 0 Å². The number of hydrogen-bond acceptors (Lipinski definition) is 2. The first kappa shape index (κ1) is 8.43. The second kappa shape index (κ2) is 3.65. The molecule has 1 fully saturated rings.